The molecule has 5 atom stereocenters. The van der Waals surface area contributed by atoms with Gasteiger partial charge in [-0.3, -0.25) is 34.0 Å². The van der Waals surface area contributed by atoms with Gasteiger partial charge < -0.3 is 84.1 Å². The summed E-state index contributed by atoms with van der Waals surface area (Å²) in [6.45, 7) is 12.0. The maximum atomic E-state index is 12.7. The normalized spacial score (nSPS) is 21.0. The van der Waals surface area contributed by atoms with Crippen LogP contribution in [-0.2, 0) is 71.0 Å². The molecule has 4 fully saturated rings. The number of ether oxygens (including phenoxy) is 2. The fraction of sp³-hybridized carbons (Fsp3) is 0.330. The molecule has 724 valence electrons. The minimum Gasteiger partial charge on any atom is -1.00 e. The topological polar surface area (TPSA) is 469 Å². The van der Waals surface area contributed by atoms with Crippen LogP contribution in [0.5, 0.6) is 0 Å². The first-order chi connectivity index (χ1) is 65.3. The molecule has 42 heteroatoms. The zero-order valence-electron chi connectivity index (χ0n) is 76.6. The van der Waals surface area contributed by atoms with E-state index in [1.54, 1.807) is 156 Å². The van der Waals surface area contributed by atoms with Gasteiger partial charge in [-0.05, 0) is 185 Å². The van der Waals surface area contributed by atoms with Crippen molar-refractivity contribution in [1.82, 2.24) is 49.8 Å². The predicted molar refractivity (Wildman–Crippen MR) is 538 cm³/mol. The first kappa shape index (κ1) is 109. The number of aliphatic carboxylic acids is 1. The number of thiazole rings is 4. The number of carboxylic acids is 1. The summed E-state index contributed by atoms with van der Waals surface area (Å²) in [6.07, 6.45) is 16.9. The van der Waals surface area contributed by atoms with Gasteiger partial charge in [-0.1, -0.05) is 177 Å². The molecule has 0 bridgehead atoms. The number of para-hydroxylation sites is 4. The maximum Gasteiger partial charge on any atom is 2.00 e. The number of rotatable bonds is 21. The summed E-state index contributed by atoms with van der Waals surface area (Å²) in [6, 6.07) is 56.9. The second kappa shape index (κ2) is 48.2. The Bertz CT molecular complexity index is 6330. The number of carbonyl (C=O) groups is 7. The smallest absolute Gasteiger partial charge is 1.00 e. The van der Waals surface area contributed by atoms with Gasteiger partial charge in [0.15, 0.2) is 48.7 Å². The summed E-state index contributed by atoms with van der Waals surface area (Å²) in [5, 5.41) is 78.3. The number of carboxylic acid groups (broad SMARTS) is 1. The third-order valence-electron chi connectivity index (χ3n) is 23.3. The van der Waals surface area contributed by atoms with E-state index in [1.165, 1.54) is 62.3 Å². The molecule has 0 spiro atoms. The van der Waals surface area contributed by atoms with Gasteiger partial charge in [0.05, 0.1) is 54.1 Å². The number of halogens is 5. The molecule has 4 aromatic carbocycles. The number of hydrogen-bond donors (Lipinski definition) is 11. The van der Waals surface area contributed by atoms with Crippen LogP contribution in [0.25, 0.3) is 40.9 Å². The van der Waals surface area contributed by atoms with Crippen molar-refractivity contribution in [3.63, 3.8) is 0 Å². The van der Waals surface area contributed by atoms with Crippen LogP contribution in [0.4, 0.5) is 32.2 Å². The number of ketones is 2. The number of fused-ring (bicyclic) bond motifs is 6. The molecule has 10 aromatic heterocycles. The fourth-order valence-corrected chi connectivity index (χ4v) is 20.3. The third-order valence-corrected chi connectivity index (χ3v) is 28.3. The van der Waals surface area contributed by atoms with Crippen molar-refractivity contribution in [2.75, 3.05) is 44.3 Å². The molecule has 139 heavy (non-hydrogen) atoms. The molecular formula is C97H100BrCl4MgN17O15S4. The average molecular weight is 2120 g/mol. The SMILES string of the molecule is CC(O)(C(=O)CC1CC(Nc2nc3ccccc3s2)C1)c1cccnc1Cl.CC(O)(C(=O)O)c1cccnc1Cl.CCOC(=O)C(C)(O)c1cccnc1Cl.CCOC(=O)C(C)=O.C[C@@]1(O)C(=O)N(C2CC(Nc3nc4ccccc4s3)C2)c2ncccc21.C[C@]1(O)C(=O)N(C2CC(Nc3nc4ccccc4s3)C2)c2ncccc21.Clc1[c-]cccn1.NC1CC(Nc2nc3ccccc3s2)C1.[Br-].[Mg+2]. The summed E-state index contributed by atoms with van der Waals surface area (Å²) in [5.74, 6) is -2.75. The fourth-order valence-electron chi connectivity index (χ4n) is 15.5. The Morgan fingerprint density at radius 3 is 1.12 bits per heavy atom. The van der Waals surface area contributed by atoms with Gasteiger partial charge in [-0.25, -0.2) is 71.4 Å². The molecule has 12 N–H and O–H groups in total. The number of benzene rings is 4. The monoisotopic (exact) mass is 2110 g/mol. The van der Waals surface area contributed by atoms with Gasteiger partial charge in [0, 0.05) is 120 Å². The molecule has 3 unspecified atom stereocenters. The van der Waals surface area contributed by atoms with E-state index in [0.29, 0.717) is 58.0 Å². The molecule has 4 aliphatic carbocycles. The third kappa shape index (κ3) is 26.6. The molecule has 32 nitrogen and oxygen atoms in total. The standard InChI is InChI=1S/C20H20ClN3O2S.2C19H18N4O2S.C11H13N3S.C10H12ClNO3.C8H8ClNO3.C5H3ClN.C5H8O3.BrH.Mg/c1-20(26,14-5-4-8-22-18(14)21)17(25)11-12-9-13(10-12)23-19-24-15-6-2-3-7-16(15)27-19;2*1-19(25)13-5-4-8-20-16(13)23(17(19)24)12-9-11(10-12)21-18-22-14-6-2-3-7-15(14)26-18;12-7-5-8(6-7)13-11-14-9-3-1-2-4-10(9)15-11;1-3-15-9(13)10(2,14)7-5-4-6-12-8(7)11;1-8(13,7(11)12)5-3-2-4-10-6(5)9;6-5-3-1-2-4-7-5;1-3-8-5(7)4(2)6;;/h2-8,12-13,26H,9-11H2,1H3,(H,23,24);2*2-8,11-12,25H,9-10H2,1H3,(H,21,22);1-4,7-8H,5-6,12H2,(H,13,14);4-6,14H,3H2,1-2H3;2-4,13H,1H3,(H,11,12);1-2,4H;3H2,1-2H3;1H;/q;;;;;;-1;;;+2/p-1/t;2*11?,12?,19-;;;;;;;/m.10......./s1. The average Bonchev–Trinajstić information content (AvgIpc) is 1.58. The van der Waals surface area contributed by atoms with E-state index in [0.717, 1.165) is 115 Å². The summed E-state index contributed by atoms with van der Waals surface area (Å²) < 4.78 is 13.8. The largest absolute Gasteiger partial charge is 2.00 e. The second-order valence-corrected chi connectivity index (χ2v) is 39.2. The Morgan fingerprint density at radius 1 is 0.475 bits per heavy atom. The van der Waals surface area contributed by atoms with Crippen molar-refractivity contribution in [3.05, 3.63) is 262 Å². The van der Waals surface area contributed by atoms with E-state index in [2.05, 4.69) is 106 Å². The maximum absolute atomic E-state index is 12.7. The number of anilines is 6. The quantitative estimate of drug-likeness (QED) is 0.0105. The number of aliphatic hydroxyl groups is 5. The minimum absolute atomic E-state index is 0. The summed E-state index contributed by atoms with van der Waals surface area (Å²) >= 11 is 29.5. The Labute approximate surface area is 863 Å². The Hall–Kier alpha value is -10.6. The number of carbonyl (C=O) groups excluding carboxylic acids is 6. The number of aromatic nitrogens is 10. The van der Waals surface area contributed by atoms with Crippen molar-refractivity contribution in [2.45, 2.75) is 183 Å². The van der Waals surface area contributed by atoms with Crippen molar-refractivity contribution >= 4 is 229 Å². The van der Waals surface area contributed by atoms with E-state index in [9.17, 15) is 59.1 Å². The van der Waals surface area contributed by atoms with E-state index in [-0.39, 0.29) is 128 Å². The van der Waals surface area contributed by atoms with Crippen molar-refractivity contribution in [2.24, 2.45) is 11.7 Å². The van der Waals surface area contributed by atoms with Crippen LogP contribution in [0.2, 0.25) is 20.6 Å². The minimum atomic E-state index is -1.99. The van der Waals surface area contributed by atoms with Crippen LogP contribution >= 0.6 is 91.8 Å². The molecule has 4 saturated carbocycles. The molecule has 14 aromatic rings. The molecule has 0 radical (unpaired) electrons. The van der Waals surface area contributed by atoms with Crippen LogP contribution in [0.3, 0.4) is 0 Å². The second-order valence-electron chi connectivity index (χ2n) is 33.6. The van der Waals surface area contributed by atoms with E-state index >= 15 is 0 Å². The number of amides is 2. The number of Topliss-reactive ketones (excluding diaryl/α,β-unsaturated/α-hetero) is 2. The van der Waals surface area contributed by atoms with Gasteiger partial charge in [0.25, 0.3) is 11.8 Å². The van der Waals surface area contributed by atoms with Crippen LogP contribution in [0.15, 0.2) is 207 Å². The zero-order chi connectivity index (χ0) is 98.3. The number of nitrogens with zero attached hydrogens (tertiary/aromatic N) is 12. The number of esters is 2. The van der Waals surface area contributed by atoms with Gasteiger partial charge in [0.1, 0.15) is 32.7 Å². The molecule has 2 aliphatic heterocycles. The predicted octanol–water partition coefficient (Wildman–Crippen LogP) is 13.2. The number of pyridine rings is 6. The van der Waals surface area contributed by atoms with Crippen molar-refractivity contribution < 1.29 is 90.7 Å². The van der Waals surface area contributed by atoms with Crippen molar-refractivity contribution in [3.8, 4) is 0 Å². The zero-order valence-corrected chi connectivity index (χ0v) is 85.8. The van der Waals surface area contributed by atoms with Crippen molar-refractivity contribution in [1.29, 1.82) is 0 Å². The Balaban J connectivity index is 0.000000157. The first-order valence-electron chi connectivity index (χ1n) is 43.7. The number of hydrogen-bond acceptors (Lipinski definition) is 33. The van der Waals surface area contributed by atoms with E-state index in [1.807, 2.05) is 72.8 Å². The van der Waals surface area contributed by atoms with Crippen LogP contribution < -0.4 is 53.8 Å². The van der Waals surface area contributed by atoms with E-state index < -0.39 is 51.7 Å². The van der Waals surface area contributed by atoms with Gasteiger partial charge in [0.2, 0.25) is 5.78 Å². The summed E-state index contributed by atoms with van der Waals surface area (Å²) in [4.78, 5) is 126. The Morgan fingerprint density at radius 2 is 0.806 bits per heavy atom. The van der Waals surface area contributed by atoms with Gasteiger partial charge in [-0.15, -0.1) is 0 Å². The molecule has 12 heterocycles. The van der Waals surface area contributed by atoms with Crippen LogP contribution in [0.1, 0.15) is 141 Å². The Kier molecular flexibility index (Phi) is 37.8. The number of nitrogens with two attached hydrogens (primary N) is 1. The van der Waals surface area contributed by atoms with Gasteiger partial charge >= 0.3 is 41.0 Å². The summed E-state index contributed by atoms with van der Waals surface area (Å²) in [7, 11) is 0. The summed E-state index contributed by atoms with van der Waals surface area (Å²) in [5.41, 5.74) is 3.33. The molecule has 0 saturated heterocycles. The molecule has 20 rings (SSSR count). The first-order valence-corrected chi connectivity index (χ1v) is 48.5. The molecular weight excluding hydrogens is 2020 g/mol. The molecule has 2 amide bonds. The van der Waals surface area contributed by atoms with Crippen LogP contribution in [-0.4, -0.2) is 200 Å². The van der Waals surface area contributed by atoms with Crippen LogP contribution in [0, 0.1) is 12.0 Å². The number of nitrogens with one attached hydrogen (secondary N) is 4. The van der Waals surface area contributed by atoms with E-state index in [4.69, 9.17) is 62.0 Å². The van der Waals surface area contributed by atoms with Gasteiger partial charge in [-0.2, -0.15) is 6.07 Å². The molecule has 6 aliphatic rings.